The second-order valence-electron chi connectivity index (χ2n) is 3.46. The van der Waals surface area contributed by atoms with Crippen LogP contribution in [0.5, 0.6) is 11.5 Å². The van der Waals surface area contributed by atoms with Gasteiger partial charge in [-0.25, -0.2) is 4.79 Å². The van der Waals surface area contributed by atoms with Gasteiger partial charge in [0, 0.05) is 6.07 Å². The van der Waals surface area contributed by atoms with E-state index in [0.717, 1.165) is 6.07 Å². The fraction of sp³-hybridized carbons (Fsp3) is 0.0909. The maximum Gasteiger partial charge on any atom is 0.371 e. The third-order valence-electron chi connectivity index (χ3n) is 2.44. The van der Waals surface area contributed by atoms with Crippen LogP contribution in [0.4, 0.5) is 0 Å². The smallest absolute Gasteiger partial charge is 0.371 e. The largest absolute Gasteiger partial charge is 0.475 e. The highest BCUT2D eigenvalue weighted by atomic mass is 16.7. The van der Waals surface area contributed by atoms with E-state index in [1.165, 1.54) is 6.07 Å². The van der Waals surface area contributed by atoms with Crippen LogP contribution >= 0.6 is 0 Å². The van der Waals surface area contributed by atoms with Crippen LogP contribution in [-0.2, 0) is 0 Å². The van der Waals surface area contributed by atoms with E-state index in [2.05, 4.69) is 0 Å². The van der Waals surface area contributed by atoms with Crippen molar-refractivity contribution in [3.63, 3.8) is 0 Å². The van der Waals surface area contributed by atoms with E-state index >= 15 is 0 Å². The lowest BCUT2D eigenvalue weighted by Crippen LogP contribution is -2.06. The second kappa shape index (κ2) is 3.24. The average molecular weight is 234 g/mol. The number of benzene rings is 1. The van der Waals surface area contributed by atoms with Crippen LogP contribution in [0.3, 0.4) is 0 Å². The summed E-state index contributed by atoms with van der Waals surface area (Å²) >= 11 is 0. The minimum Gasteiger partial charge on any atom is -0.475 e. The normalized spacial score (nSPS) is 12.9. The summed E-state index contributed by atoms with van der Waals surface area (Å²) in [6.07, 6.45) is 0. The molecule has 1 N–H and O–H groups in total. The van der Waals surface area contributed by atoms with Gasteiger partial charge >= 0.3 is 5.97 Å². The zero-order valence-corrected chi connectivity index (χ0v) is 8.43. The topological polar surface area (TPSA) is 86.0 Å². The first kappa shape index (κ1) is 9.71. The average Bonchev–Trinajstić information content (AvgIpc) is 2.76. The molecule has 3 rings (SSSR count). The first-order chi connectivity index (χ1) is 8.16. The molecule has 2 aromatic rings. The van der Waals surface area contributed by atoms with E-state index < -0.39 is 17.2 Å². The van der Waals surface area contributed by atoms with Crippen molar-refractivity contribution in [3.05, 3.63) is 34.2 Å². The van der Waals surface area contributed by atoms with Gasteiger partial charge in [0.1, 0.15) is 0 Å². The number of carboxylic acid groups (broad SMARTS) is 1. The van der Waals surface area contributed by atoms with Crippen LogP contribution < -0.4 is 14.9 Å². The quantitative estimate of drug-likeness (QED) is 0.798. The van der Waals surface area contributed by atoms with Gasteiger partial charge in [-0.2, -0.15) is 0 Å². The van der Waals surface area contributed by atoms with Crippen molar-refractivity contribution in [3.8, 4) is 11.5 Å². The third kappa shape index (κ3) is 1.34. The molecule has 0 saturated heterocycles. The number of hydrogen-bond donors (Lipinski definition) is 1. The van der Waals surface area contributed by atoms with E-state index in [-0.39, 0.29) is 23.5 Å². The number of rotatable bonds is 1. The Bertz CT molecular complexity index is 684. The van der Waals surface area contributed by atoms with Gasteiger partial charge in [-0.05, 0) is 12.1 Å². The Balaban J connectivity index is 2.43. The molecule has 0 atom stereocenters. The number of carboxylic acids is 1. The number of hydrogen-bond acceptors (Lipinski definition) is 5. The highest BCUT2D eigenvalue weighted by Crippen LogP contribution is 2.38. The van der Waals surface area contributed by atoms with E-state index in [0.29, 0.717) is 5.75 Å². The SMILES string of the molecule is O=C(O)c1cc(=O)c2ccc3c(c2o1)OCO3. The Kier molecular flexibility index (Phi) is 1.85. The Hall–Kier alpha value is -2.50. The molecule has 17 heavy (non-hydrogen) atoms. The lowest BCUT2D eigenvalue weighted by Gasteiger charge is -2.02. The second-order valence-corrected chi connectivity index (χ2v) is 3.46. The summed E-state index contributed by atoms with van der Waals surface area (Å²) in [4.78, 5) is 22.5. The van der Waals surface area contributed by atoms with Crippen molar-refractivity contribution in [1.82, 2.24) is 0 Å². The summed E-state index contributed by atoms with van der Waals surface area (Å²) in [5.41, 5.74) is -0.327. The van der Waals surface area contributed by atoms with Gasteiger partial charge < -0.3 is 19.0 Å². The molecule has 86 valence electrons. The van der Waals surface area contributed by atoms with Gasteiger partial charge in [0.15, 0.2) is 16.8 Å². The number of carbonyl (C=O) groups is 1. The van der Waals surface area contributed by atoms with Crippen LogP contribution in [0.2, 0.25) is 0 Å². The molecular formula is C11H6O6. The molecule has 1 aromatic heterocycles. The van der Waals surface area contributed by atoms with Crippen molar-refractivity contribution >= 4 is 16.9 Å². The fourth-order valence-corrected chi connectivity index (χ4v) is 1.68. The predicted octanol–water partition coefficient (Wildman–Crippen LogP) is 1.22. The summed E-state index contributed by atoms with van der Waals surface area (Å²) in [6.45, 7) is 0.0233. The molecular weight excluding hydrogens is 228 g/mol. The summed E-state index contributed by atoms with van der Waals surface area (Å²) in [7, 11) is 0. The molecule has 2 heterocycles. The lowest BCUT2D eigenvalue weighted by atomic mass is 10.2. The number of ether oxygens (including phenoxy) is 2. The molecule has 0 saturated carbocycles. The Morgan fingerprint density at radius 2 is 2.12 bits per heavy atom. The maximum atomic E-state index is 11.7. The zero-order valence-electron chi connectivity index (χ0n) is 8.43. The summed E-state index contributed by atoms with van der Waals surface area (Å²) in [6, 6.07) is 4.04. The molecule has 0 unspecified atom stereocenters. The Morgan fingerprint density at radius 1 is 1.29 bits per heavy atom. The third-order valence-corrected chi connectivity index (χ3v) is 2.44. The van der Waals surface area contributed by atoms with Crippen molar-refractivity contribution < 1.29 is 23.8 Å². The number of aromatic carboxylic acids is 1. The van der Waals surface area contributed by atoms with Crippen molar-refractivity contribution in [2.75, 3.05) is 6.79 Å². The molecule has 0 aliphatic carbocycles. The molecule has 0 bridgehead atoms. The van der Waals surface area contributed by atoms with Gasteiger partial charge in [0.05, 0.1) is 5.39 Å². The standard InChI is InChI=1S/C11H6O6/c12-6-3-8(11(13)14)17-9-5(6)1-2-7-10(9)16-4-15-7/h1-3H,4H2,(H,13,14). The van der Waals surface area contributed by atoms with E-state index in [9.17, 15) is 9.59 Å². The van der Waals surface area contributed by atoms with Gasteiger partial charge in [0.25, 0.3) is 0 Å². The Labute approximate surface area is 94.0 Å². The minimum atomic E-state index is -1.31. The molecule has 6 heteroatoms. The summed E-state index contributed by atoms with van der Waals surface area (Å²) in [5, 5.41) is 9.08. The highest BCUT2D eigenvalue weighted by Gasteiger charge is 2.21. The lowest BCUT2D eigenvalue weighted by molar-refractivity contribution is 0.0663. The molecule has 6 nitrogen and oxygen atoms in total. The van der Waals surface area contributed by atoms with Crippen molar-refractivity contribution in [2.45, 2.75) is 0 Å². The summed E-state index contributed by atoms with van der Waals surface area (Å²) in [5.74, 6) is -1.03. The molecule has 1 aliphatic rings. The van der Waals surface area contributed by atoms with E-state index in [4.69, 9.17) is 19.0 Å². The molecule has 0 radical (unpaired) electrons. The van der Waals surface area contributed by atoms with E-state index in [1.54, 1.807) is 6.07 Å². The monoisotopic (exact) mass is 234 g/mol. The van der Waals surface area contributed by atoms with Crippen LogP contribution in [0, 0.1) is 0 Å². The van der Waals surface area contributed by atoms with Crippen LogP contribution in [0.15, 0.2) is 27.4 Å². The molecule has 0 spiro atoms. The summed E-state index contributed by atoms with van der Waals surface area (Å²) < 4.78 is 15.4. The number of fused-ring (bicyclic) bond motifs is 3. The van der Waals surface area contributed by atoms with Gasteiger partial charge in [-0.15, -0.1) is 0 Å². The molecule has 0 fully saturated rings. The van der Waals surface area contributed by atoms with E-state index in [1.807, 2.05) is 0 Å². The minimum absolute atomic E-state index is 0.0233. The van der Waals surface area contributed by atoms with Crippen LogP contribution in [0.25, 0.3) is 11.0 Å². The van der Waals surface area contributed by atoms with Crippen LogP contribution in [0.1, 0.15) is 10.6 Å². The van der Waals surface area contributed by atoms with Gasteiger partial charge in [0.2, 0.25) is 18.3 Å². The molecule has 1 aromatic carbocycles. The maximum absolute atomic E-state index is 11.7. The predicted molar refractivity (Wildman–Crippen MR) is 55.6 cm³/mol. The van der Waals surface area contributed by atoms with Crippen LogP contribution in [-0.4, -0.2) is 17.9 Å². The zero-order chi connectivity index (χ0) is 12.0. The van der Waals surface area contributed by atoms with Gasteiger partial charge in [-0.3, -0.25) is 4.79 Å². The molecule has 0 amide bonds. The van der Waals surface area contributed by atoms with Crippen molar-refractivity contribution in [2.24, 2.45) is 0 Å². The first-order valence-electron chi connectivity index (χ1n) is 4.76. The van der Waals surface area contributed by atoms with Gasteiger partial charge in [-0.1, -0.05) is 0 Å². The highest BCUT2D eigenvalue weighted by molar-refractivity contribution is 5.90. The fourth-order valence-electron chi connectivity index (χ4n) is 1.68. The Morgan fingerprint density at radius 3 is 2.88 bits per heavy atom. The molecule has 1 aliphatic heterocycles. The van der Waals surface area contributed by atoms with Crippen molar-refractivity contribution in [1.29, 1.82) is 0 Å². The first-order valence-corrected chi connectivity index (χ1v) is 4.76.